The summed E-state index contributed by atoms with van der Waals surface area (Å²) in [4.78, 5) is 11.8. The summed E-state index contributed by atoms with van der Waals surface area (Å²) >= 11 is 0. The van der Waals surface area contributed by atoms with E-state index in [2.05, 4.69) is 5.32 Å². The monoisotopic (exact) mass is 299 g/mol. The Morgan fingerprint density at radius 1 is 1.14 bits per heavy atom. The number of carbonyl (C=O) groups is 1. The molecule has 4 heteroatoms. The molecule has 0 saturated carbocycles. The molecule has 0 radical (unpaired) electrons. The first-order valence-corrected chi connectivity index (χ1v) is 6.96. The second kappa shape index (κ2) is 8.10. The SMILES string of the molecule is COCc1ccccc1CNC(=O)/C=C/c1ccc(F)cc1. The van der Waals surface area contributed by atoms with E-state index in [-0.39, 0.29) is 11.7 Å². The molecule has 0 aliphatic rings. The van der Waals surface area contributed by atoms with Crippen molar-refractivity contribution in [1.29, 1.82) is 0 Å². The Labute approximate surface area is 129 Å². The Kier molecular flexibility index (Phi) is 5.86. The van der Waals surface area contributed by atoms with Crippen LogP contribution in [0.25, 0.3) is 6.08 Å². The Balaban J connectivity index is 1.91. The van der Waals surface area contributed by atoms with Crippen molar-refractivity contribution in [3.05, 3.63) is 77.1 Å². The van der Waals surface area contributed by atoms with Gasteiger partial charge in [-0.05, 0) is 34.9 Å². The highest BCUT2D eigenvalue weighted by Crippen LogP contribution is 2.09. The molecule has 114 valence electrons. The van der Waals surface area contributed by atoms with Crippen LogP contribution in [-0.4, -0.2) is 13.0 Å². The molecule has 0 saturated heterocycles. The predicted octanol–water partition coefficient (Wildman–Crippen LogP) is 3.30. The van der Waals surface area contributed by atoms with Crippen molar-refractivity contribution in [2.75, 3.05) is 7.11 Å². The van der Waals surface area contributed by atoms with Crippen molar-refractivity contribution < 1.29 is 13.9 Å². The van der Waals surface area contributed by atoms with E-state index >= 15 is 0 Å². The van der Waals surface area contributed by atoms with E-state index in [1.54, 1.807) is 25.3 Å². The smallest absolute Gasteiger partial charge is 0.244 e. The van der Waals surface area contributed by atoms with E-state index in [1.165, 1.54) is 18.2 Å². The van der Waals surface area contributed by atoms with Gasteiger partial charge in [0.05, 0.1) is 6.61 Å². The fourth-order valence-electron chi connectivity index (χ4n) is 2.01. The van der Waals surface area contributed by atoms with Gasteiger partial charge in [-0.3, -0.25) is 4.79 Å². The van der Waals surface area contributed by atoms with Gasteiger partial charge in [0.25, 0.3) is 0 Å². The highest BCUT2D eigenvalue weighted by Gasteiger charge is 2.02. The van der Waals surface area contributed by atoms with Crippen molar-refractivity contribution in [2.24, 2.45) is 0 Å². The fraction of sp³-hybridized carbons (Fsp3) is 0.167. The normalized spacial score (nSPS) is 10.8. The van der Waals surface area contributed by atoms with Gasteiger partial charge in [0.2, 0.25) is 5.91 Å². The van der Waals surface area contributed by atoms with Gasteiger partial charge in [-0.15, -0.1) is 0 Å². The molecule has 0 bridgehead atoms. The molecule has 3 nitrogen and oxygen atoms in total. The number of carbonyl (C=O) groups excluding carboxylic acids is 1. The third kappa shape index (κ3) is 4.82. The highest BCUT2D eigenvalue weighted by atomic mass is 19.1. The molecule has 0 aliphatic heterocycles. The van der Waals surface area contributed by atoms with Crippen molar-refractivity contribution >= 4 is 12.0 Å². The Morgan fingerprint density at radius 2 is 1.82 bits per heavy atom. The molecular formula is C18H18FNO2. The zero-order valence-corrected chi connectivity index (χ0v) is 12.4. The van der Waals surface area contributed by atoms with E-state index in [4.69, 9.17) is 4.74 Å². The summed E-state index contributed by atoms with van der Waals surface area (Å²) in [5.41, 5.74) is 2.84. The van der Waals surface area contributed by atoms with Crippen LogP contribution >= 0.6 is 0 Å². The van der Waals surface area contributed by atoms with E-state index < -0.39 is 0 Å². The molecule has 0 aliphatic carbocycles. The summed E-state index contributed by atoms with van der Waals surface area (Å²) in [6, 6.07) is 13.7. The van der Waals surface area contributed by atoms with Crippen LogP contribution in [-0.2, 0) is 22.7 Å². The summed E-state index contributed by atoms with van der Waals surface area (Å²) in [7, 11) is 1.64. The molecule has 1 N–H and O–H groups in total. The maximum absolute atomic E-state index is 12.8. The van der Waals surface area contributed by atoms with Crippen LogP contribution < -0.4 is 5.32 Å². The minimum Gasteiger partial charge on any atom is -0.380 e. The first-order chi connectivity index (χ1) is 10.7. The molecule has 0 aromatic heterocycles. The van der Waals surface area contributed by atoms with Gasteiger partial charge in [0.15, 0.2) is 0 Å². The van der Waals surface area contributed by atoms with Crippen LogP contribution in [0, 0.1) is 5.82 Å². The lowest BCUT2D eigenvalue weighted by molar-refractivity contribution is -0.116. The average Bonchev–Trinajstić information content (AvgIpc) is 2.54. The number of benzene rings is 2. The highest BCUT2D eigenvalue weighted by molar-refractivity contribution is 5.91. The summed E-state index contributed by atoms with van der Waals surface area (Å²) in [6.45, 7) is 0.948. The number of nitrogens with one attached hydrogen (secondary N) is 1. The van der Waals surface area contributed by atoms with Gasteiger partial charge in [0, 0.05) is 19.7 Å². The molecule has 1 amide bonds. The minimum atomic E-state index is -0.295. The van der Waals surface area contributed by atoms with E-state index in [0.717, 1.165) is 16.7 Å². The number of rotatable bonds is 6. The van der Waals surface area contributed by atoms with E-state index in [1.807, 2.05) is 24.3 Å². The summed E-state index contributed by atoms with van der Waals surface area (Å²) in [6.07, 6.45) is 3.09. The van der Waals surface area contributed by atoms with Crippen LogP contribution in [0.3, 0.4) is 0 Å². The first kappa shape index (κ1) is 15.9. The lowest BCUT2D eigenvalue weighted by Crippen LogP contribution is -2.21. The number of methoxy groups -OCH3 is 1. The topological polar surface area (TPSA) is 38.3 Å². The molecule has 0 atom stereocenters. The molecule has 0 heterocycles. The first-order valence-electron chi connectivity index (χ1n) is 6.96. The van der Waals surface area contributed by atoms with Crippen LogP contribution in [0.2, 0.25) is 0 Å². The van der Waals surface area contributed by atoms with Gasteiger partial charge in [-0.25, -0.2) is 4.39 Å². The number of amides is 1. The van der Waals surface area contributed by atoms with Gasteiger partial charge in [-0.2, -0.15) is 0 Å². The molecule has 2 rings (SSSR count). The Morgan fingerprint density at radius 3 is 2.50 bits per heavy atom. The van der Waals surface area contributed by atoms with E-state index in [0.29, 0.717) is 13.2 Å². The van der Waals surface area contributed by atoms with Crippen LogP contribution in [0.5, 0.6) is 0 Å². The summed E-state index contributed by atoms with van der Waals surface area (Å²) in [5.74, 6) is -0.493. The number of ether oxygens (including phenoxy) is 1. The number of halogens is 1. The van der Waals surface area contributed by atoms with Gasteiger partial charge < -0.3 is 10.1 Å². The summed E-state index contributed by atoms with van der Waals surface area (Å²) in [5, 5.41) is 2.82. The van der Waals surface area contributed by atoms with Crippen LogP contribution in [0.1, 0.15) is 16.7 Å². The summed E-state index contributed by atoms with van der Waals surface area (Å²) < 4.78 is 17.9. The molecule has 0 unspecified atom stereocenters. The van der Waals surface area contributed by atoms with Crippen molar-refractivity contribution in [1.82, 2.24) is 5.32 Å². The number of hydrogen-bond donors (Lipinski definition) is 1. The standard InChI is InChI=1S/C18H18FNO2/c1-22-13-16-5-3-2-4-15(16)12-20-18(21)11-8-14-6-9-17(19)10-7-14/h2-11H,12-13H2,1H3,(H,20,21)/b11-8+. The van der Waals surface area contributed by atoms with Crippen molar-refractivity contribution in [2.45, 2.75) is 13.2 Å². The zero-order chi connectivity index (χ0) is 15.8. The van der Waals surface area contributed by atoms with Crippen LogP contribution in [0.4, 0.5) is 4.39 Å². The zero-order valence-electron chi connectivity index (χ0n) is 12.4. The number of hydrogen-bond acceptors (Lipinski definition) is 2. The van der Waals surface area contributed by atoms with Gasteiger partial charge in [-0.1, -0.05) is 36.4 Å². The van der Waals surface area contributed by atoms with Gasteiger partial charge >= 0.3 is 0 Å². The molecule has 22 heavy (non-hydrogen) atoms. The Bertz CT molecular complexity index is 650. The molecule has 2 aromatic carbocycles. The lowest BCUT2D eigenvalue weighted by atomic mass is 10.1. The lowest BCUT2D eigenvalue weighted by Gasteiger charge is -2.08. The minimum absolute atomic E-state index is 0.198. The van der Waals surface area contributed by atoms with Crippen LogP contribution in [0.15, 0.2) is 54.6 Å². The van der Waals surface area contributed by atoms with E-state index in [9.17, 15) is 9.18 Å². The third-order valence-electron chi connectivity index (χ3n) is 3.17. The molecule has 0 fully saturated rings. The third-order valence-corrected chi connectivity index (χ3v) is 3.17. The Hall–Kier alpha value is -2.46. The average molecular weight is 299 g/mol. The quantitative estimate of drug-likeness (QED) is 0.831. The molecule has 2 aromatic rings. The largest absolute Gasteiger partial charge is 0.380 e. The molecule has 0 spiro atoms. The maximum Gasteiger partial charge on any atom is 0.244 e. The maximum atomic E-state index is 12.8. The predicted molar refractivity (Wildman–Crippen MR) is 84.4 cm³/mol. The fourth-order valence-corrected chi connectivity index (χ4v) is 2.01. The van der Waals surface area contributed by atoms with Crippen molar-refractivity contribution in [3.8, 4) is 0 Å². The second-order valence-corrected chi connectivity index (χ2v) is 4.80. The van der Waals surface area contributed by atoms with Crippen molar-refractivity contribution in [3.63, 3.8) is 0 Å². The molecular weight excluding hydrogens is 281 g/mol. The second-order valence-electron chi connectivity index (χ2n) is 4.80. The van der Waals surface area contributed by atoms with Gasteiger partial charge in [0.1, 0.15) is 5.82 Å².